The van der Waals surface area contributed by atoms with Crippen molar-refractivity contribution in [1.29, 1.82) is 0 Å². The molecule has 198 valence electrons. The van der Waals surface area contributed by atoms with E-state index >= 15 is 0 Å². The summed E-state index contributed by atoms with van der Waals surface area (Å²) in [5.41, 5.74) is 1.33. The average molecular weight is 529 g/mol. The lowest BCUT2D eigenvalue weighted by Gasteiger charge is -2.22. The highest BCUT2D eigenvalue weighted by Gasteiger charge is 2.23. The standard InChI is InChI=1S/C27H33ClN4O5/c1-27(2,3)23-16-24(32(30-23)20-8-12-21(36-5)13-9-20)29-25(33)17-31(14-15-35-4)26(34)18-37-22-10-6-19(28)7-11-22/h6-13,16H,14-15,17-18H2,1-5H3,(H,29,33). The van der Waals surface area contributed by atoms with E-state index in [0.29, 0.717) is 22.3 Å². The molecule has 0 bridgehead atoms. The smallest absolute Gasteiger partial charge is 0.261 e. The minimum absolute atomic E-state index is 0.176. The molecule has 3 rings (SSSR count). The number of benzene rings is 2. The van der Waals surface area contributed by atoms with Gasteiger partial charge in [0.1, 0.15) is 23.9 Å². The first kappa shape index (κ1) is 28.0. The van der Waals surface area contributed by atoms with E-state index in [1.807, 2.05) is 51.1 Å². The highest BCUT2D eigenvalue weighted by Crippen LogP contribution is 2.27. The van der Waals surface area contributed by atoms with Crippen molar-refractivity contribution in [2.24, 2.45) is 0 Å². The van der Waals surface area contributed by atoms with Gasteiger partial charge in [-0.25, -0.2) is 4.68 Å². The fraction of sp³-hybridized carbons (Fsp3) is 0.370. The first-order valence-electron chi connectivity index (χ1n) is 11.8. The van der Waals surface area contributed by atoms with E-state index in [4.69, 9.17) is 30.9 Å². The number of halogens is 1. The molecular weight excluding hydrogens is 496 g/mol. The van der Waals surface area contributed by atoms with Crippen LogP contribution in [0.25, 0.3) is 5.69 Å². The monoisotopic (exact) mass is 528 g/mol. The van der Waals surface area contributed by atoms with Crippen LogP contribution in [0.5, 0.6) is 11.5 Å². The quantitative estimate of drug-likeness (QED) is 0.398. The Kier molecular flexibility index (Phi) is 9.54. The van der Waals surface area contributed by atoms with Crippen molar-refractivity contribution in [3.05, 3.63) is 65.3 Å². The zero-order valence-corrected chi connectivity index (χ0v) is 22.5. The molecule has 1 heterocycles. The molecule has 2 aromatic carbocycles. The van der Waals surface area contributed by atoms with Crippen LogP contribution in [-0.2, 0) is 19.7 Å². The molecule has 0 unspecified atom stereocenters. The number of ether oxygens (including phenoxy) is 3. The van der Waals surface area contributed by atoms with Gasteiger partial charge in [-0.3, -0.25) is 9.59 Å². The lowest BCUT2D eigenvalue weighted by atomic mass is 9.92. The number of hydrogen-bond donors (Lipinski definition) is 1. The molecule has 0 spiro atoms. The summed E-state index contributed by atoms with van der Waals surface area (Å²) in [7, 11) is 3.14. The van der Waals surface area contributed by atoms with Gasteiger partial charge in [-0.2, -0.15) is 5.10 Å². The maximum Gasteiger partial charge on any atom is 0.261 e. The lowest BCUT2D eigenvalue weighted by molar-refractivity contribution is -0.137. The maximum atomic E-state index is 13.1. The SMILES string of the molecule is COCCN(CC(=O)Nc1cc(C(C)(C)C)nn1-c1ccc(OC)cc1)C(=O)COc1ccc(Cl)cc1. The van der Waals surface area contributed by atoms with Crippen LogP contribution >= 0.6 is 11.6 Å². The number of methoxy groups -OCH3 is 2. The van der Waals surface area contributed by atoms with Crippen LogP contribution in [0.3, 0.4) is 0 Å². The van der Waals surface area contributed by atoms with E-state index in [-0.39, 0.29) is 43.5 Å². The molecule has 1 N–H and O–H groups in total. The van der Waals surface area contributed by atoms with Crippen molar-refractivity contribution in [2.45, 2.75) is 26.2 Å². The van der Waals surface area contributed by atoms with Crippen LogP contribution in [0.4, 0.5) is 5.82 Å². The number of hydrogen-bond acceptors (Lipinski definition) is 6. The zero-order valence-electron chi connectivity index (χ0n) is 21.8. The molecule has 1 aromatic heterocycles. The molecule has 2 amide bonds. The fourth-order valence-corrected chi connectivity index (χ4v) is 3.50. The Bertz CT molecular complexity index is 1190. The molecule has 0 saturated heterocycles. The first-order chi connectivity index (χ1) is 17.6. The molecule has 0 fully saturated rings. The molecule has 10 heteroatoms. The van der Waals surface area contributed by atoms with Crippen molar-refractivity contribution < 1.29 is 23.8 Å². The molecule has 0 atom stereocenters. The number of rotatable bonds is 11. The summed E-state index contributed by atoms with van der Waals surface area (Å²) < 4.78 is 17.6. The van der Waals surface area contributed by atoms with Crippen molar-refractivity contribution >= 4 is 29.2 Å². The van der Waals surface area contributed by atoms with Crippen LogP contribution in [0.2, 0.25) is 5.02 Å². The molecule has 0 aliphatic heterocycles. The van der Waals surface area contributed by atoms with E-state index in [0.717, 1.165) is 11.4 Å². The number of carbonyl (C=O) groups excluding carboxylic acids is 2. The van der Waals surface area contributed by atoms with Crippen molar-refractivity contribution in [3.8, 4) is 17.2 Å². The predicted molar refractivity (Wildman–Crippen MR) is 143 cm³/mol. The number of nitrogens with zero attached hydrogens (tertiary/aromatic N) is 3. The fourth-order valence-electron chi connectivity index (χ4n) is 3.37. The van der Waals surface area contributed by atoms with Crippen LogP contribution in [0.15, 0.2) is 54.6 Å². The Morgan fingerprint density at radius 1 is 1.03 bits per heavy atom. The molecule has 0 saturated carbocycles. The molecule has 0 radical (unpaired) electrons. The van der Waals surface area contributed by atoms with Crippen molar-refractivity contribution in [1.82, 2.24) is 14.7 Å². The Balaban J connectivity index is 1.75. The molecule has 9 nitrogen and oxygen atoms in total. The summed E-state index contributed by atoms with van der Waals surface area (Å²) in [6.07, 6.45) is 0. The molecule has 3 aromatic rings. The third kappa shape index (κ3) is 7.96. The van der Waals surface area contributed by atoms with Crippen LogP contribution in [0.1, 0.15) is 26.5 Å². The van der Waals surface area contributed by atoms with Gasteiger partial charge in [-0.15, -0.1) is 0 Å². The van der Waals surface area contributed by atoms with Gasteiger partial charge in [0.25, 0.3) is 5.91 Å². The van der Waals surface area contributed by atoms with E-state index < -0.39 is 0 Å². The topological polar surface area (TPSA) is 94.9 Å². The second-order valence-corrected chi connectivity index (χ2v) is 9.81. The average Bonchev–Trinajstić information content (AvgIpc) is 3.30. The number of amides is 2. The summed E-state index contributed by atoms with van der Waals surface area (Å²) in [6.45, 7) is 6.25. The van der Waals surface area contributed by atoms with Gasteiger partial charge in [0.05, 0.1) is 25.1 Å². The van der Waals surface area contributed by atoms with Gasteiger partial charge >= 0.3 is 0 Å². The Morgan fingerprint density at radius 2 is 1.68 bits per heavy atom. The van der Waals surface area contributed by atoms with Crippen LogP contribution in [0, 0.1) is 0 Å². The van der Waals surface area contributed by atoms with Crippen LogP contribution < -0.4 is 14.8 Å². The minimum Gasteiger partial charge on any atom is -0.497 e. The van der Waals surface area contributed by atoms with Gasteiger partial charge in [-0.05, 0) is 48.5 Å². The number of anilines is 1. The summed E-state index contributed by atoms with van der Waals surface area (Å²) in [4.78, 5) is 27.4. The van der Waals surface area contributed by atoms with Gasteiger partial charge < -0.3 is 24.4 Å². The van der Waals surface area contributed by atoms with E-state index in [9.17, 15) is 9.59 Å². The van der Waals surface area contributed by atoms with E-state index in [2.05, 4.69) is 5.32 Å². The van der Waals surface area contributed by atoms with Crippen molar-refractivity contribution in [3.63, 3.8) is 0 Å². The normalized spacial score (nSPS) is 11.2. The Morgan fingerprint density at radius 3 is 2.27 bits per heavy atom. The van der Waals surface area contributed by atoms with Gasteiger partial charge in [0, 0.05) is 30.2 Å². The number of carbonyl (C=O) groups is 2. The van der Waals surface area contributed by atoms with Crippen molar-refractivity contribution in [2.75, 3.05) is 45.8 Å². The molecular formula is C27H33ClN4O5. The third-order valence-corrected chi connectivity index (χ3v) is 5.74. The molecule has 0 aliphatic rings. The van der Waals surface area contributed by atoms with E-state index in [1.165, 1.54) is 12.0 Å². The summed E-state index contributed by atoms with van der Waals surface area (Å²) in [5, 5.41) is 8.21. The maximum absolute atomic E-state index is 13.1. The number of nitrogens with one attached hydrogen (secondary N) is 1. The first-order valence-corrected chi connectivity index (χ1v) is 12.2. The lowest BCUT2D eigenvalue weighted by Crippen LogP contribution is -2.42. The predicted octanol–water partition coefficient (Wildman–Crippen LogP) is 4.32. The second kappa shape index (κ2) is 12.6. The van der Waals surface area contributed by atoms with Gasteiger partial charge in [0.15, 0.2) is 6.61 Å². The Hall–Kier alpha value is -3.56. The zero-order chi connectivity index (χ0) is 27.0. The minimum atomic E-state index is -0.369. The summed E-state index contributed by atoms with van der Waals surface area (Å²) in [5.74, 6) is 1.00. The summed E-state index contributed by atoms with van der Waals surface area (Å²) >= 11 is 5.90. The molecule has 0 aliphatic carbocycles. The molecule has 37 heavy (non-hydrogen) atoms. The number of aromatic nitrogens is 2. The second-order valence-electron chi connectivity index (χ2n) is 9.37. The Labute approximate surface area is 222 Å². The van der Waals surface area contributed by atoms with Gasteiger partial charge in [0.2, 0.25) is 5.91 Å². The third-order valence-electron chi connectivity index (χ3n) is 5.49. The highest BCUT2D eigenvalue weighted by molar-refractivity contribution is 6.30. The summed E-state index contributed by atoms with van der Waals surface area (Å²) in [6, 6.07) is 15.9. The van der Waals surface area contributed by atoms with Gasteiger partial charge in [-0.1, -0.05) is 32.4 Å². The van der Waals surface area contributed by atoms with E-state index in [1.54, 1.807) is 36.1 Å². The highest BCUT2D eigenvalue weighted by atomic mass is 35.5. The largest absolute Gasteiger partial charge is 0.497 e. The van der Waals surface area contributed by atoms with Crippen LogP contribution in [-0.4, -0.2) is 67.0 Å².